The molecule has 0 saturated carbocycles. The van der Waals surface area contributed by atoms with Crippen molar-refractivity contribution in [2.24, 2.45) is 34.6 Å². The number of aliphatic hydroxyl groups excluding tert-OH is 1. The number of hydrogen-bond donors (Lipinski definition) is 19. The zero-order chi connectivity index (χ0) is 93.8. The van der Waals surface area contributed by atoms with Gasteiger partial charge in [-0.15, -0.1) is 11.8 Å². The van der Waals surface area contributed by atoms with Crippen LogP contribution < -0.4 is 81.8 Å². The first-order valence-electron chi connectivity index (χ1n) is 43.7. The molecule has 3 aromatic carbocycles. The number of phenols is 1. The number of aromatic amines is 2. The fraction of sp³-hybridized carbons (Fsp3) is 0.563. The van der Waals surface area contributed by atoms with E-state index in [1.807, 2.05) is 26.0 Å². The molecular weight excluding hydrogens is 1670 g/mol. The highest BCUT2D eigenvalue weighted by molar-refractivity contribution is 8.00. The molecule has 128 heavy (non-hydrogen) atoms. The van der Waals surface area contributed by atoms with Gasteiger partial charge < -0.3 is 127 Å². The van der Waals surface area contributed by atoms with Gasteiger partial charge in [-0.25, -0.2) is 0 Å². The number of para-hydroxylation sites is 2. The van der Waals surface area contributed by atoms with Crippen molar-refractivity contribution in [3.63, 3.8) is 0 Å². The molecule has 5 aromatic rings. The summed E-state index contributed by atoms with van der Waals surface area (Å²) >= 11 is 0.804. The van der Waals surface area contributed by atoms with E-state index in [9.17, 15) is 53.4 Å². The fourth-order valence-corrected chi connectivity index (χ4v) is 17.0. The number of carbonyl (C=O) groups is 16. The zero-order valence-corrected chi connectivity index (χ0v) is 74.8. The van der Waals surface area contributed by atoms with Gasteiger partial charge in [-0.05, 0) is 125 Å². The lowest BCUT2D eigenvalue weighted by molar-refractivity contribution is -0.149. The third kappa shape index (κ3) is 27.6. The van der Waals surface area contributed by atoms with Crippen molar-refractivity contribution < 1.29 is 86.9 Å². The number of likely N-dealkylation sites (N-methyl/N-ethyl adjacent to an activating group) is 3. The molecule has 3 aliphatic heterocycles. The van der Waals surface area contributed by atoms with Gasteiger partial charge in [0.1, 0.15) is 90.3 Å². The Kier molecular flexibility index (Phi) is 38.9. The Morgan fingerprint density at radius 1 is 0.516 bits per heavy atom. The quantitative estimate of drug-likeness (QED) is 0.0292. The number of thioether (sulfide) groups is 1. The molecule has 40 nitrogen and oxygen atoms in total. The van der Waals surface area contributed by atoms with Crippen molar-refractivity contribution in [1.29, 1.82) is 0 Å². The summed E-state index contributed by atoms with van der Waals surface area (Å²) in [5.41, 5.74) is 32.9. The number of phenolic OH excluding ortho intramolecular Hbond substituents is 1. The Morgan fingerprint density at radius 3 is 1.59 bits per heavy atom. The molecule has 3 saturated heterocycles. The second-order valence-corrected chi connectivity index (χ2v) is 34.4. The van der Waals surface area contributed by atoms with Gasteiger partial charge >= 0.3 is 0 Å². The van der Waals surface area contributed by atoms with Gasteiger partial charge in [0.2, 0.25) is 94.5 Å². The van der Waals surface area contributed by atoms with Gasteiger partial charge in [-0.2, -0.15) is 0 Å². The third-order valence-electron chi connectivity index (χ3n) is 23.4. The molecule has 0 bridgehead atoms. The summed E-state index contributed by atoms with van der Waals surface area (Å²) in [7, 11) is 4.05. The number of amides is 16. The molecule has 0 spiro atoms. The van der Waals surface area contributed by atoms with Crippen molar-refractivity contribution in [3.05, 3.63) is 102 Å². The van der Waals surface area contributed by atoms with Crippen LogP contribution in [0.25, 0.3) is 21.8 Å². The number of benzene rings is 3. The lowest BCUT2D eigenvalue weighted by Gasteiger charge is -2.36. The Bertz CT molecular complexity index is 4720. The predicted octanol–water partition coefficient (Wildman–Crippen LogP) is -3.02. The number of nitrogens with one attached hydrogen (secondary N) is 12. The monoisotopic (exact) mass is 1800 g/mol. The maximum atomic E-state index is 15.7. The summed E-state index contributed by atoms with van der Waals surface area (Å²) in [6.07, 6.45) is 2.56. The number of unbranched alkanes of at least 4 members (excludes halogenated alkanes) is 2. The van der Waals surface area contributed by atoms with Crippen LogP contribution in [0.3, 0.4) is 0 Å². The number of fused-ring (bicyclic) bond motifs is 4. The van der Waals surface area contributed by atoms with Gasteiger partial charge in [0.25, 0.3) is 0 Å². The van der Waals surface area contributed by atoms with E-state index in [2.05, 4.69) is 63.1 Å². The van der Waals surface area contributed by atoms with E-state index < -0.39 is 211 Å². The minimum atomic E-state index is -1.56. The lowest BCUT2D eigenvalue weighted by atomic mass is 9.99. The summed E-state index contributed by atoms with van der Waals surface area (Å²) < 4.78 is 0. The van der Waals surface area contributed by atoms with Crippen LogP contribution in [0.4, 0.5) is 0 Å². The second-order valence-electron chi connectivity index (χ2n) is 33.3. The Balaban J connectivity index is 1.17. The third-order valence-corrected chi connectivity index (χ3v) is 24.4. The molecule has 16 amide bonds. The van der Waals surface area contributed by atoms with Crippen molar-refractivity contribution in [1.82, 2.24) is 87.6 Å². The largest absolute Gasteiger partial charge is 0.508 e. The molecule has 3 aliphatic rings. The van der Waals surface area contributed by atoms with Crippen molar-refractivity contribution in [3.8, 4) is 5.75 Å². The minimum absolute atomic E-state index is 0.00430. The van der Waals surface area contributed by atoms with E-state index >= 15 is 33.6 Å². The molecule has 2 aromatic heterocycles. The average Bonchev–Trinajstić information content (AvgIpc) is 1.65. The first kappa shape index (κ1) is 102. The highest BCUT2D eigenvalue weighted by atomic mass is 32.2. The molecule has 0 radical (unpaired) electrons. The van der Waals surface area contributed by atoms with Crippen LogP contribution in [0.2, 0.25) is 0 Å². The molecule has 41 heteroatoms. The van der Waals surface area contributed by atoms with Crippen molar-refractivity contribution in [2.75, 3.05) is 78.5 Å². The molecule has 5 heterocycles. The number of H-pyrrole nitrogens is 2. The number of aromatic hydroxyl groups is 1. The van der Waals surface area contributed by atoms with Crippen LogP contribution in [0.5, 0.6) is 5.75 Å². The summed E-state index contributed by atoms with van der Waals surface area (Å²) in [6, 6.07) is -0.155. The van der Waals surface area contributed by atoms with Gasteiger partial charge in [0.05, 0.1) is 18.4 Å². The molecule has 24 N–H and O–H groups in total. The molecular formula is C87H128N22O18S. The molecule has 8 rings (SSSR count). The van der Waals surface area contributed by atoms with Gasteiger partial charge in [0, 0.05) is 106 Å². The van der Waals surface area contributed by atoms with E-state index in [4.69, 9.17) is 28.7 Å². The fourth-order valence-electron chi connectivity index (χ4n) is 16.1. The van der Waals surface area contributed by atoms with Crippen LogP contribution in [-0.2, 0) is 96.0 Å². The Morgan fingerprint density at radius 2 is 1.00 bits per heavy atom. The normalized spacial score (nSPS) is 25.6. The van der Waals surface area contributed by atoms with Crippen LogP contribution in [-0.4, -0.2) is 308 Å². The van der Waals surface area contributed by atoms with E-state index in [1.54, 1.807) is 62.6 Å². The first-order valence-corrected chi connectivity index (χ1v) is 44.9. The highest BCUT2D eigenvalue weighted by Gasteiger charge is 2.46. The number of aliphatic hydroxyl groups is 1. The lowest BCUT2D eigenvalue weighted by Crippen LogP contribution is -2.62. The minimum Gasteiger partial charge on any atom is -0.508 e. The smallest absolute Gasteiger partial charge is 0.245 e. The zero-order valence-electron chi connectivity index (χ0n) is 74.0. The number of nitrogens with zero attached hydrogens (tertiary/aromatic N) is 5. The molecule has 0 unspecified atom stereocenters. The molecule has 3 fully saturated rings. The molecule has 0 aliphatic carbocycles. The standard InChI is InChI=1S/C87H128N22O18S/c1-9-11-22-68-80(120)98-60(30-33-89)77(117)104-67(75(115)95-44-72(92)112)46-128-47-73(113)96-64(37-50-25-27-53(110)28-26-50)83(123)105(6)49(5)74(114)99-61(31-34-90)85(125)108-35-17-24-69(108)81(121)103-66(41-91)79(119)101-63(36-48(3)4)86(126)109-45-54(111)40-71(109)82(122)100-62(38-51-42-93-57-20-15-13-18-55(51)57)78(118)97-59(29-32-88)76(116)102-65(39-52-43-94-58-21-16-14-19-56(52)58)84(124)107(8)70(23-12-10-2)87(127)106(68)7/h13-16,18-21,25-28,42-43,48-49,54,59-71,93-94,110-111H,9-12,17,22-24,29-41,44-47,88-91H2,1-8H3,(H2,92,112)(H,95,115)(H,96,113)(H,97,118)(H,98,120)(H,99,114)(H,100,122)(H,101,119)(H,102,116)(H,103,121)(H,104,117)/t49-,54+,59-,60-,61-,62-,63-,64-,65-,66-,67-,68-,69-,70-,71-/m0/s1. The second kappa shape index (κ2) is 49.0. The maximum Gasteiger partial charge on any atom is 0.245 e. The molecule has 15 atom stereocenters. The number of rotatable bonds is 24. The van der Waals surface area contributed by atoms with Crippen LogP contribution in [0.1, 0.15) is 135 Å². The van der Waals surface area contributed by atoms with E-state index in [1.165, 1.54) is 67.0 Å². The van der Waals surface area contributed by atoms with E-state index in [0.29, 0.717) is 64.2 Å². The first-order chi connectivity index (χ1) is 61.1. The van der Waals surface area contributed by atoms with Crippen LogP contribution in [0, 0.1) is 5.92 Å². The van der Waals surface area contributed by atoms with Crippen LogP contribution in [0.15, 0.2) is 85.2 Å². The summed E-state index contributed by atoms with van der Waals surface area (Å²) in [5.74, 6) is -15.0. The number of primary amides is 1. The van der Waals surface area contributed by atoms with Crippen LogP contribution >= 0.6 is 11.8 Å². The number of carbonyl (C=O) groups excluding carboxylic acids is 16. The molecule has 700 valence electrons. The average molecular weight is 1800 g/mol. The van der Waals surface area contributed by atoms with Gasteiger partial charge in [0.15, 0.2) is 0 Å². The SMILES string of the molecule is CCCC[C@H]1C(=O)N(C)[C@@H](CCCC)C(=O)N[C@@H](CCN)C(=O)N[C@H](C(=O)NCC(N)=O)CSCC(=O)N[C@@H](Cc2ccc(O)cc2)C(=O)N(C)[C@@H](C)C(=O)N[C@@H](CCN)C(=O)N2CCC[C@H]2C(=O)N[C@@H](CN)C(=O)N[C@@H](CC(C)C)C(=O)N2C[C@H](O)C[C@H]2C(=O)N[C@@H](Cc2c[nH]c3ccccc23)C(=O)N[C@@H](CCN)C(=O)N[C@@H](Cc2c[nH]c3ccccc23)C(=O)N1C. The summed E-state index contributed by atoms with van der Waals surface area (Å²) in [6.45, 7) is 6.42. The van der Waals surface area contributed by atoms with E-state index in [0.717, 1.165) is 21.6 Å². The number of hydrogen-bond acceptors (Lipinski definition) is 23. The maximum absolute atomic E-state index is 15.7. The summed E-state index contributed by atoms with van der Waals surface area (Å²) in [4.78, 5) is 247. The Hall–Kier alpha value is -11.8. The highest BCUT2D eigenvalue weighted by Crippen LogP contribution is 2.28. The predicted molar refractivity (Wildman–Crippen MR) is 478 cm³/mol. The van der Waals surface area contributed by atoms with Gasteiger partial charge in [-0.1, -0.05) is 102 Å². The number of nitrogens with two attached hydrogens (primary N) is 5. The van der Waals surface area contributed by atoms with E-state index in [-0.39, 0.29) is 121 Å². The summed E-state index contributed by atoms with van der Waals surface area (Å²) in [5, 5.41) is 49.8. The number of aromatic nitrogens is 2. The van der Waals surface area contributed by atoms with Gasteiger partial charge in [-0.3, -0.25) is 76.7 Å². The van der Waals surface area contributed by atoms with Crippen molar-refractivity contribution >= 4 is 128 Å². The topological polar surface area (TPSA) is 612 Å². The Labute approximate surface area is 747 Å². The van der Waals surface area contributed by atoms with Crippen molar-refractivity contribution in [2.45, 2.75) is 228 Å².